The van der Waals surface area contributed by atoms with Gasteiger partial charge in [-0.25, -0.2) is 4.98 Å². The van der Waals surface area contributed by atoms with Crippen molar-refractivity contribution in [2.45, 2.75) is 6.42 Å². The van der Waals surface area contributed by atoms with E-state index in [1.54, 1.807) is 6.20 Å². The van der Waals surface area contributed by atoms with Crippen LogP contribution in [0.2, 0.25) is 0 Å². The first-order chi connectivity index (χ1) is 10.3. The second-order valence-corrected chi connectivity index (χ2v) is 5.77. The van der Waals surface area contributed by atoms with E-state index in [1.165, 1.54) is 0 Å². The lowest BCUT2D eigenvalue weighted by molar-refractivity contribution is -0.117. The molecule has 1 saturated heterocycles. The topological polar surface area (TPSA) is 45.2 Å². The number of nitrogens with one attached hydrogen (secondary N) is 1. The highest BCUT2D eigenvalue weighted by molar-refractivity contribution is 9.09. The predicted molar refractivity (Wildman–Crippen MR) is 88.2 cm³/mol. The Balaban J connectivity index is 1.71. The number of rotatable bonds is 4. The van der Waals surface area contributed by atoms with Crippen LogP contribution in [0.25, 0.3) is 0 Å². The van der Waals surface area contributed by atoms with Crippen molar-refractivity contribution in [1.29, 1.82) is 0 Å². The molecule has 0 radical (unpaired) electrons. The van der Waals surface area contributed by atoms with Crippen LogP contribution in [0.1, 0.15) is 6.42 Å². The molecule has 1 unspecified atom stereocenters. The molecule has 1 atom stereocenters. The van der Waals surface area contributed by atoms with E-state index in [0.29, 0.717) is 12.3 Å². The van der Waals surface area contributed by atoms with Crippen LogP contribution in [0.4, 0.5) is 17.2 Å². The number of benzene rings is 1. The van der Waals surface area contributed by atoms with Gasteiger partial charge in [-0.05, 0) is 30.2 Å². The summed E-state index contributed by atoms with van der Waals surface area (Å²) in [6.07, 6.45) is 2.36. The van der Waals surface area contributed by atoms with E-state index in [4.69, 9.17) is 0 Å². The number of hydrogen-bond donors (Lipinski definition) is 1. The molecule has 5 heteroatoms. The number of amides is 1. The van der Waals surface area contributed by atoms with Gasteiger partial charge < -0.3 is 10.2 Å². The Morgan fingerprint density at radius 1 is 1.24 bits per heavy atom. The van der Waals surface area contributed by atoms with Crippen LogP contribution in [-0.4, -0.2) is 22.8 Å². The number of hydrogen-bond acceptors (Lipinski definition) is 3. The van der Waals surface area contributed by atoms with Crippen molar-refractivity contribution in [1.82, 2.24) is 4.98 Å². The van der Waals surface area contributed by atoms with E-state index in [0.717, 1.165) is 29.1 Å². The highest BCUT2D eigenvalue weighted by atomic mass is 79.9. The minimum atomic E-state index is 0.171. The van der Waals surface area contributed by atoms with Crippen LogP contribution < -0.4 is 10.2 Å². The molecule has 4 nitrogen and oxygen atoms in total. The molecule has 1 aliphatic heterocycles. The van der Waals surface area contributed by atoms with Gasteiger partial charge in [-0.1, -0.05) is 34.1 Å². The molecule has 0 aliphatic carbocycles. The summed E-state index contributed by atoms with van der Waals surface area (Å²) >= 11 is 3.45. The third-order valence-corrected chi connectivity index (χ3v) is 4.44. The van der Waals surface area contributed by atoms with Crippen molar-refractivity contribution in [3.63, 3.8) is 0 Å². The molecule has 1 aromatic heterocycles. The van der Waals surface area contributed by atoms with Crippen molar-refractivity contribution in [2.75, 3.05) is 22.1 Å². The Labute approximate surface area is 132 Å². The van der Waals surface area contributed by atoms with Gasteiger partial charge in [0.25, 0.3) is 0 Å². The minimum Gasteiger partial charge on any atom is -0.340 e. The van der Waals surface area contributed by atoms with Crippen LogP contribution in [0.15, 0.2) is 48.7 Å². The fraction of sp³-hybridized carbons (Fsp3) is 0.250. The molecule has 0 bridgehead atoms. The lowest BCUT2D eigenvalue weighted by Gasteiger charge is -2.16. The number of nitrogens with zero attached hydrogens (tertiary/aromatic N) is 2. The zero-order chi connectivity index (χ0) is 14.7. The van der Waals surface area contributed by atoms with E-state index in [1.807, 2.05) is 47.4 Å². The molecule has 1 N–H and O–H groups in total. The second kappa shape index (κ2) is 6.26. The monoisotopic (exact) mass is 345 g/mol. The van der Waals surface area contributed by atoms with Crippen LogP contribution in [-0.2, 0) is 4.79 Å². The number of carbonyl (C=O) groups is 1. The van der Waals surface area contributed by atoms with Crippen LogP contribution >= 0.6 is 15.9 Å². The Morgan fingerprint density at radius 2 is 2.05 bits per heavy atom. The summed E-state index contributed by atoms with van der Waals surface area (Å²) in [5.74, 6) is 1.33. The zero-order valence-electron chi connectivity index (χ0n) is 11.5. The van der Waals surface area contributed by atoms with Gasteiger partial charge in [-0.15, -0.1) is 0 Å². The zero-order valence-corrected chi connectivity index (χ0v) is 13.1. The maximum atomic E-state index is 12.0. The van der Waals surface area contributed by atoms with Crippen molar-refractivity contribution < 1.29 is 4.79 Å². The van der Waals surface area contributed by atoms with Gasteiger partial charge in [0.05, 0.1) is 11.9 Å². The maximum Gasteiger partial charge on any atom is 0.227 e. The molecule has 2 heterocycles. The highest BCUT2D eigenvalue weighted by Gasteiger charge is 2.29. The van der Waals surface area contributed by atoms with Crippen LogP contribution in [0, 0.1) is 5.92 Å². The van der Waals surface area contributed by atoms with E-state index >= 15 is 0 Å². The molecule has 1 aromatic carbocycles. The molecule has 2 aromatic rings. The Bertz CT molecular complexity index is 615. The minimum absolute atomic E-state index is 0.171. The smallest absolute Gasteiger partial charge is 0.227 e. The second-order valence-electron chi connectivity index (χ2n) is 5.12. The molecule has 3 rings (SSSR count). The average molecular weight is 346 g/mol. The number of carbonyl (C=O) groups excluding carboxylic acids is 1. The predicted octanol–water partition coefficient (Wildman–Crippen LogP) is 3.57. The summed E-state index contributed by atoms with van der Waals surface area (Å²) in [6, 6.07) is 13.7. The molecular weight excluding hydrogens is 330 g/mol. The average Bonchev–Trinajstić information content (AvgIpc) is 2.90. The Kier molecular flexibility index (Phi) is 4.20. The van der Waals surface area contributed by atoms with Crippen molar-refractivity contribution in [2.24, 2.45) is 5.92 Å². The summed E-state index contributed by atoms with van der Waals surface area (Å²) in [6.45, 7) is 0.761. The number of alkyl halides is 1. The third-order valence-electron chi connectivity index (χ3n) is 3.53. The molecular formula is C16H16BrN3O. The van der Waals surface area contributed by atoms with Crippen molar-refractivity contribution >= 4 is 39.0 Å². The summed E-state index contributed by atoms with van der Waals surface area (Å²) in [5, 5.41) is 4.09. The van der Waals surface area contributed by atoms with Crippen molar-refractivity contribution in [3.8, 4) is 0 Å². The Morgan fingerprint density at radius 3 is 2.67 bits per heavy atom. The lowest BCUT2D eigenvalue weighted by Crippen LogP contribution is -2.24. The number of halogens is 1. The SMILES string of the molecule is O=C1CC(CBr)CN1c1ccc(Nc2ccccc2)nc1. The van der Waals surface area contributed by atoms with E-state index in [-0.39, 0.29) is 5.91 Å². The van der Waals surface area contributed by atoms with Gasteiger partial charge in [-0.3, -0.25) is 4.79 Å². The molecule has 1 aliphatic rings. The fourth-order valence-corrected chi connectivity index (χ4v) is 2.86. The van der Waals surface area contributed by atoms with Gasteiger partial charge in [0.15, 0.2) is 0 Å². The van der Waals surface area contributed by atoms with Gasteiger partial charge in [0, 0.05) is 24.0 Å². The van der Waals surface area contributed by atoms with Gasteiger partial charge in [0.2, 0.25) is 5.91 Å². The number of anilines is 3. The molecule has 1 fully saturated rings. The molecule has 0 spiro atoms. The van der Waals surface area contributed by atoms with Gasteiger partial charge in [-0.2, -0.15) is 0 Å². The highest BCUT2D eigenvalue weighted by Crippen LogP contribution is 2.26. The first kappa shape index (κ1) is 14.1. The largest absolute Gasteiger partial charge is 0.340 e. The standard InChI is InChI=1S/C16H16BrN3O/c17-9-12-8-16(21)20(11-12)14-6-7-15(18-10-14)19-13-4-2-1-3-5-13/h1-7,10,12H,8-9,11H2,(H,18,19). The third kappa shape index (κ3) is 3.24. The van der Waals surface area contributed by atoms with E-state index < -0.39 is 0 Å². The summed E-state index contributed by atoms with van der Waals surface area (Å²) in [7, 11) is 0. The molecule has 108 valence electrons. The van der Waals surface area contributed by atoms with Gasteiger partial charge >= 0.3 is 0 Å². The molecule has 21 heavy (non-hydrogen) atoms. The normalized spacial score (nSPS) is 18.0. The first-order valence-corrected chi connectivity index (χ1v) is 8.03. The van der Waals surface area contributed by atoms with Crippen LogP contribution in [0.3, 0.4) is 0 Å². The quantitative estimate of drug-likeness (QED) is 0.861. The van der Waals surface area contributed by atoms with Crippen molar-refractivity contribution in [3.05, 3.63) is 48.7 Å². The number of pyridine rings is 1. The summed E-state index contributed by atoms with van der Waals surface area (Å²) < 4.78 is 0. The van der Waals surface area contributed by atoms with E-state index in [2.05, 4.69) is 26.2 Å². The van der Waals surface area contributed by atoms with Gasteiger partial charge in [0.1, 0.15) is 5.82 Å². The fourth-order valence-electron chi connectivity index (χ4n) is 2.42. The van der Waals surface area contributed by atoms with E-state index in [9.17, 15) is 4.79 Å². The van der Waals surface area contributed by atoms with Crippen LogP contribution in [0.5, 0.6) is 0 Å². The summed E-state index contributed by atoms with van der Waals surface area (Å²) in [5.41, 5.74) is 1.86. The first-order valence-electron chi connectivity index (χ1n) is 6.90. The molecule has 1 amide bonds. The molecule has 0 saturated carbocycles. The number of aromatic nitrogens is 1. The summed E-state index contributed by atoms with van der Waals surface area (Å²) in [4.78, 5) is 18.2. The maximum absolute atomic E-state index is 12.0. The number of para-hydroxylation sites is 1. The lowest BCUT2D eigenvalue weighted by atomic mass is 10.2. The Hall–Kier alpha value is -1.88.